The number of aromatic nitrogens is 4. The molecule has 2 heterocycles. The van der Waals surface area contributed by atoms with Crippen LogP contribution in [0.25, 0.3) is 11.4 Å². The van der Waals surface area contributed by atoms with E-state index in [1.54, 1.807) is 12.4 Å². The van der Waals surface area contributed by atoms with E-state index in [0.29, 0.717) is 0 Å². The van der Waals surface area contributed by atoms with Crippen LogP contribution in [0.3, 0.4) is 0 Å². The Labute approximate surface area is 96.4 Å². The van der Waals surface area contributed by atoms with E-state index in [4.69, 9.17) is 0 Å². The van der Waals surface area contributed by atoms with E-state index < -0.39 is 0 Å². The molecule has 0 amide bonds. The fourth-order valence-electron chi connectivity index (χ4n) is 1.30. The van der Waals surface area contributed by atoms with Crippen LogP contribution in [-0.4, -0.2) is 19.7 Å². The molecular weight excluding hydrogens is 200 g/mol. The van der Waals surface area contributed by atoms with Crippen LogP contribution in [0, 0.1) is 13.8 Å². The third-order valence-corrected chi connectivity index (χ3v) is 2.27. The van der Waals surface area contributed by atoms with Gasteiger partial charge in [-0.05, 0) is 19.9 Å². The lowest BCUT2D eigenvalue weighted by atomic mass is 10.2. The van der Waals surface area contributed by atoms with Crippen LogP contribution in [-0.2, 0) is 7.05 Å². The summed E-state index contributed by atoms with van der Waals surface area (Å²) in [5.74, 6) is 0.746. The predicted molar refractivity (Wildman–Crippen MR) is 65.1 cm³/mol. The monoisotopic (exact) mass is 218 g/mol. The lowest BCUT2D eigenvalue weighted by Gasteiger charge is -1.99. The summed E-state index contributed by atoms with van der Waals surface area (Å²) < 4.78 is 1.82. The lowest BCUT2D eigenvalue weighted by Crippen LogP contribution is -1.95. The largest absolute Gasteiger partial charge is 0.272 e. The maximum atomic E-state index is 4.35. The molecule has 0 spiro atoms. The van der Waals surface area contributed by atoms with Gasteiger partial charge in [0.1, 0.15) is 0 Å². The fraction of sp³-hybridized carbons (Fsp3) is 0.417. The second-order valence-electron chi connectivity index (χ2n) is 3.29. The summed E-state index contributed by atoms with van der Waals surface area (Å²) in [6.45, 7) is 7.96. The molecule has 0 saturated carbocycles. The van der Waals surface area contributed by atoms with Gasteiger partial charge < -0.3 is 0 Å². The molecule has 0 radical (unpaired) electrons. The molecule has 0 saturated heterocycles. The normalized spacial score (nSPS) is 9.56. The van der Waals surface area contributed by atoms with Gasteiger partial charge in [0, 0.05) is 24.6 Å². The third-order valence-electron chi connectivity index (χ3n) is 2.27. The average molecular weight is 218 g/mol. The van der Waals surface area contributed by atoms with Gasteiger partial charge >= 0.3 is 0 Å². The Balaban J connectivity index is 0.000000606. The average Bonchev–Trinajstić information content (AvgIpc) is 2.63. The fourth-order valence-corrected chi connectivity index (χ4v) is 1.30. The molecule has 4 nitrogen and oxygen atoms in total. The van der Waals surface area contributed by atoms with E-state index >= 15 is 0 Å². The highest BCUT2D eigenvalue weighted by Gasteiger charge is 2.08. The molecule has 16 heavy (non-hydrogen) atoms. The zero-order valence-corrected chi connectivity index (χ0v) is 10.5. The van der Waals surface area contributed by atoms with Crippen LogP contribution >= 0.6 is 0 Å². The van der Waals surface area contributed by atoms with Gasteiger partial charge in [0.15, 0.2) is 5.82 Å². The van der Waals surface area contributed by atoms with Crippen LogP contribution in [0.2, 0.25) is 0 Å². The molecule has 4 heteroatoms. The minimum atomic E-state index is 0.746. The molecule has 0 unspecified atom stereocenters. The minimum absolute atomic E-state index is 0.746. The second-order valence-corrected chi connectivity index (χ2v) is 3.29. The first-order valence-electron chi connectivity index (χ1n) is 5.47. The van der Waals surface area contributed by atoms with Gasteiger partial charge in [-0.1, -0.05) is 13.8 Å². The molecule has 0 fully saturated rings. The Kier molecular flexibility index (Phi) is 4.17. The maximum absolute atomic E-state index is 4.35. The molecule has 2 aromatic heterocycles. The van der Waals surface area contributed by atoms with Crippen molar-refractivity contribution in [2.75, 3.05) is 0 Å². The molecule has 2 rings (SSSR count). The Morgan fingerprint density at radius 1 is 1.19 bits per heavy atom. The summed E-state index contributed by atoms with van der Waals surface area (Å²) in [7, 11) is 1.91. The quantitative estimate of drug-likeness (QED) is 0.738. The van der Waals surface area contributed by atoms with E-state index in [2.05, 4.69) is 15.1 Å². The van der Waals surface area contributed by atoms with Gasteiger partial charge in [-0.25, -0.2) is 9.97 Å². The van der Waals surface area contributed by atoms with Crippen molar-refractivity contribution >= 4 is 0 Å². The molecule has 2 aromatic rings. The Hall–Kier alpha value is -1.71. The van der Waals surface area contributed by atoms with Crippen molar-refractivity contribution in [2.45, 2.75) is 27.7 Å². The van der Waals surface area contributed by atoms with E-state index in [0.717, 1.165) is 22.8 Å². The smallest absolute Gasteiger partial charge is 0.162 e. The molecule has 0 aliphatic carbocycles. The molecule has 0 aromatic carbocycles. The van der Waals surface area contributed by atoms with Crippen LogP contribution in [0.4, 0.5) is 0 Å². The van der Waals surface area contributed by atoms with Crippen molar-refractivity contribution in [1.82, 2.24) is 19.7 Å². The van der Waals surface area contributed by atoms with Gasteiger partial charge in [0.05, 0.1) is 11.8 Å². The van der Waals surface area contributed by atoms with Crippen molar-refractivity contribution in [3.8, 4) is 11.4 Å². The number of hydrogen-bond donors (Lipinski definition) is 0. The molecule has 0 bridgehead atoms. The van der Waals surface area contributed by atoms with Gasteiger partial charge in [-0.15, -0.1) is 0 Å². The van der Waals surface area contributed by atoms with Crippen LogP contribution < -0.4 is 0 Å². The predicted octanol–water partition coefficient (Wildman–Crippen LogP) is 2.52. The zero-order chi connectivity index (χ0) is 12.1. The highest BCUT2D eigenvalue weighted by Crippen LogP contribution is 2.17. The maximum Gasteiger partial charge on any atom is 0.162 e. The second kappa shape index (κ2) is 5.39. The number of nitrogens with zero attached hydrogens (tertiary/aromatic N) is 4. The Bertz CT molecular complexity index is 460. The van der Waals surface area contributed by atoms with Gasteiger partial charge in [-0.2, -0.15) is 5.10 Å². The molecule has 0 N–H and O–H groups in total. The zero-order valence-electron chi connectivity index (χ0n) is 10.5. The van der Waals surface area contributed by atoms with Crippen LogP contribution in [0.1, 0.15) is 25.2 Å². The van der Waals surface area contributed by atoms with Crippen LogP contribution in [0.15, 0.2) is 18.5 Å². The highest BCUT2D eigenvalue weighted by atomic mass is 15.3. The third kappa shape index (κ3) is 2.45. The standard InChI is InChI=1S/C10H12N4.C2H6/c1-7-4-5-11-10(13-7)9-6-12-14(3)8(9)2;1-2/h4-6H,1-3H3;1-2H3. The summed E-state index contributed by atoms with van der Waals surface area (Å²) in [5, 5.41) is 4.16. The number of rotatable bonds is 1. The van der Waals surface area contributed by atoms with E-state index in [9.17, 15) is 0 Å². The number of hydrogen-bond acceptors (Lipinski definition) is 3. The first-order valence-corrected chi connectivity index (χ1v) is 5.47. The van der Waals surface area contributed by atoms with Crippen molar-refractivity contribution in [3.63, 3.8) is 0 Å². The van der Waals surface area contributed by atoms with E-state index in [1.807, 2.05) is 45.5 Å². The summed E-state index contributed by atoms with van der Waals surface area (Å²) in [4.78, 5) is 8.57. The van der Waals surface area contributed by atoms with Crippen LogP contribution in [0.5, 0.6) is 0 Å². The van der Waals surface area contributed by atoms with Crippen molar-refractivity contribution in [2.24, 2.45) is 7.05 Å². The summed E-state index contributed by atoms with van der Waals surface area (Å²) in [6.07, 6.45) is 3.56. The van der Waals surface area contributed by atoms with Crippen molar-refractivity contribution in [1.29, 1.82) is 0 Å². The molecule has 86 valence electrons. The molecule has 0 atom stereocenters. The number of aryl methyl sites for hydroxylation is 2. The first-order chi connectivity index (χ1) is 7.68. The molecule has 0 aliphatic heterocycles. The first kappa shape index (κ1) is 12.4. The van der Waals surface area contributed by atoms with E-state index in [1.165, 1.54) is 0 Å². The topological polar surface area (TPSA) is 43.6 Å². The van der Waals surface area contributed by atoms with Crippen molar-refractivity contribution in [3.05, 3.63) is 29.8 Å². The van der Waals surface area contributed by atoms with Gasteiger partial charge in [0.2, 0.25) is 0 Å². The lowest BCUT2D eigenvalue weighted by molar-refractivity contribution is 0.740. The van der Waals surface area contributed by atoms with E-state index in [-0.39, 0.29) is 0 Å². The van der Waals surface area contributed by atoms with Gasteiger partial charge in [0.25, 0.3) is 0 Å². The summed E-state index contributed by atoms with van der Waals surface area (Å²) >= 11 is 0. The summed E-state index contributed by atoms with van der Waals surface area (Å²) in [5.41, 5.74) is 3.05. The highest BCUT2D eigenvalue weighted by molar-refractivity contribution is 5.56. The Morgan fingerprint density at radius 3 is 2.38 bits per heavy atom. The van der Waals surface area contributed by atoms with Crippen molar-refractivity contribution < 1.29 is 0 Å². The van der Waals surface area contributed by atoms with Gasteiger partial charge in [-0.3, -0.25) is 4.68 Å². The molecular formula is C12H18N4. The SMILES string of the molecule is CC.Cc1ccnc(-c2cnn(C)c2C)n1. The summed E-state index contributed by atoms with van der Waals surface area (Å²) in [6, 6.07) is 1.88. The minimum Gasteiger partial charge on any atom is -0.272 e. The molecule has 0 aliphatic rings. The Morgan fingerprint density at radius 2 is 1.88 bits per heavy atom.